The Bertz CT molecular complexity index is 348. The third kappa shape index (κ3) is 2.98. The van der Waals surface area contributed by atoms with Gasteiger partial charge in [-0.1, -0.05) is 25.0 Å². The van der Waals surface area contributed by atoms with Crippen LogP contribution in [0.15, 0.2) is 22.7 Å². The highest BCUT2D eigenvalue weighted by Gasteiger charge is 2.15. The van der Waals surface area contributed by atoms with Crippen molar-refractivity contribution in [2.75, 3.05) is 12.3 Å². The van der Waals surface area contributed by atoms with Crippen LogP contribution in [0.2, 0.25) is 0 Å². The van der Waals surface area contributed by atoms with Crippen LogP contribution >= 0.6 is 15.9 Å². The second-order valence-electron chi connectivity index (χ2n) is 4.49. The van der Waals surface area contributed by atoms with E-state index in [2.05, 4.69) is 22.0 Å². The Morgan fingerprint density at radius 3 is 2.81 bits per heavy atom. The topological polar surface area (TPSA) is 35.2 Å². The number of hydrogen-bond donors (Lipinski definition) is 1. The molecule has 0 spiro atoms. The maximum absolute atomic E-state index is 5.81. The summed E-state index contributed by atoms with van der Waals surface area (Å²) >= 11 is 3.49. The molecule has 2 rings (SSSR count). The van der Waals surface area contributed by atoms with Gasteiger partial charge in [0.05, 0.1) is 6.61 Å². The molecule has 0 amide bonds. The summed E-state index contributed by atoms with van der Waals surface area (Å²) in [6.07, 6.45) is 5.40. The number of halogens is 1. The second kappa shape index (κ2) is 5.69. The lowest BCUT2D eigenvalue weighted by Crippen LogP contribution is -2.06. The minimum absolute atomic E-state index is 0.655. The van der Waals surface area contributed by atoms with Crippen molar-refractivity contribution in [1.82, 2.24) is 0 Å². The Labute approximate surface area is 105 Å². The van der Waals surface area contributed by atoms with Crippen LogP contribution in [-0.2, 0) is 11.3 Å². The minimum atomic E-state index is 0.655. The third-order valence-corrected chi connectivity index (χ3v) is 4.16. The van der Waals surface area contributed by atoms with Crippen LogP contribution in [0.5, 0.6) is 0 Å². The van der Waals surface area contributed by atoms with Gasteiger partial charge in [-0.25, -0.2) is 0 Å². The van der Waals surface area contributed by atoms with E-state index in [4.69, 9.17) is 10.5 Å². The zero-order chi connectivity index (χ0) is 11.4. The average Bonchev–Trinajstić information content (AvgIpc) is 2.77. The fraction of sp³-hybridized carbons (Fsp3) is 0.538. The highest BCUT2D eigenvalue weighted by atomic mass is 79.9. The predicted octanol–water partition coefficient (Wildman–Crippen LogP) is 3.74. The van der Waals surface area contributed by atoms with Crippen LogP contribution < -0.4 is 5.73 Å². The van der Waals surface area contributed by atoms with E-state index in [-0.39, 0.29) is 0 Å². The first-order valence-corrected chi connectivity index (χ1v) is 6.67. The molecule has 0 radical (unpaired) electrons. The number of nitrogen functional groups attached to an aromatic ring is 1. The Morgan fingerprint density at radius 1 is 1.31 bits per heavy atom. The van der Waals surface area contributed by atoms with E-state index in [1.165, 1.54) is 25.7 Å². The Hall–Kier alpha value is -0.540. The van der Waals surface area contributed by atoms with E-state index in [9.17, 15) is 0 Å². The van der Waals surface area contributed by atoms with Crippen molar-refractivity contribution in [3.63, 3.8) is 0 Å². The largest absolute Gasteiger partial charge is 0.398 e. The second-order valence-corrected chi connectivity index (χ2v) is 5.28. The van der Waals surface area contributed by atoms with Crippen LogP contribution in [0.3, 0.4) is 0 Å². The summed E-state index contributed by atoms with van der Waals surface area (Å²) < 4.78 is 6.73. The van der Waals surface area contributed by atoms with Crippen LogP contribution in [0.4, 0.5) is 5.69 Å². The summed E-state index contributed by atoms with van der Waals surface area (Å²) in [7, 11) is 0. The number of nitrogens with two attached hydrogens (primary N) is 1. The Morgan fingerprint density at radius 2 is 2.06 bits per heavy atom. The highest BCUT2D eigenvalue weighted by molar-refractivity contribution is 9.10. The monoisotopic (exact) mass is 283 g/mol. The normalized spacial score (nSPS) is 16.8. The molecule has 1 saturated carbocycles. The molecule has 1 aliphatic carbocycles. The number of benzene rings is 1. The summed E-state index contributed by atoms with van der Waals surface area (Å²) in [6.45, 7) is 1.55. The molecule has 1 aromatic rings. The predicted molar refractivity (Wildman–Crippen MR) is 70.2 cm³/mol. The van der Waals surface area contributed by atoms with Crippen LogP contribution in [-0.4, -0.2) is 6.61 Å². The minimum Gasteiger partial charge on any atom is -0.398 e. The van der Waals surface area contributed by atoms with Crippen molar-refractivity contribution >= 4 is 21.6 Å². The molecule has 3 heteroatoms. The molecule has 1 fully saturated rings. The maximum Gasteiger partial charge on any atom is 0.0728 e. The van der Waals surface area contributed by atoms with Gasteiger partial charge in [-0.05, 0) is 46.3 Å². The van der Waals surface area contributed by atoms with Crippen molar-refractivity contribution in [3.05, 3.63) is 28.2 Å². The first-order valence-electron chi connectivity index (χ1n) is 5.88. The van der Waals surface area contributed by atoms with Gasteiger partial charge < -0.3 is 10.5 Å². The van der Waals surface area contributed by atoms with Gasteiger partial charge in [-0.3, -0.25) is 0 Å². The first-order chi connectivity index (χ1) is 7.77. The van der Waals surface area contributed by atoms with Gasteiger partial charge in [-0.2, -0.15) is 0 Å². The lowest BCUT2D eigenvalue weighted by molar-refractivity contribution is 0.0886. The van der Waals surface area contributed by atoms with Crippen LogP contribution in [0.25, 0.3) is 0 Å². The van der Waals surface area contributed by atoms with Gasteiger partial charge in [0, 0.05) is 16.8 Å². The van der Waals surface area contributed by atoms with E-state index in [1.807, 2.05) is 12.1 Å². The van der Waals surface area contributed by atoms with E-state index in [0.29, 0.717) is 6.61 Å². The molecular formula is C13H18BrNO. The summed E-state index contributed by atoms with van der Waals surface area (Å²) in [6, 6.07) is 5.91. The standard InChI is InChI=1S/C13H18BrNO/c14-13-11(6-3-7-12(13)15)9-16-8-10-4-1-2-5-10/h3,6-7,10H,1-2,4-5,8-9,15H2. The summed E-state index contributed by atoms with van der Waals surface area (Å²) in [5.41, 5.74) is 7.73. The van der Waals surface area contributed by atoms with Crippen molar-refractivity contribution in [3.8, 4) is 0 Å². The number of anilines is 1. The number of hydrogen-bond acceptors (Lipinski definition) is 2. The van der Waals surface area contributed by atoms with Gasteiger partial charge in [-0.15, -0.1) is 0 Å². The average molecular weight is 284 g/mol. The van der Waals surface area contributed by atoms with Gasteiger partial charge in [0.1, 0.15) is 0 Å². The lowest BCUT2D eigenvalue weighted by atomic mass is 10.1. The molecule has 0 unspecified atom stereocenters. The van der Waals surface area contributed by atoms with E-state index in [1.54, 1.807) is 0 Å². The third-order valence-electron chi connectivity index (χ3n) is 3.19. The maximum atomic E-state index is 5.81. The first kappa shape index (κ1) is 11.9. The molecule has 16 heavy (non-hydrogen) atoms. The summed E-state index contributed by atoms with van der Waals surface area (Å²) in [5, 5.41) is 0. The molecule has 0 saturated heterocycles. The molecule has 0 aliphatic heterocycles. The Balaban J connectivity index is 1.82. The molecule has 0 aromatic heterocycles. The van der Waals surface area contributed by atoms with Gasteiger partial charge in [0.25, 0.3) is 0 Å². The van der Waals surface area contributed by atoms with Crippen molar-refractivity contribution < 1.29 is 4.74 Å². The zero-order valence-corrected chi connectivity index (χ0v) is 11.0. The van der Waals surface area contributed by atoms with Crippen LogP contribution in [0.1, 0.15) is 31.2 Å². The zero-order valence-electron chi connectivity index (χ0n) is 9.42. The van der Waals surface area contributed by atoms with Gasteiger partial charge >= 0.3 is 0 Å². The SMILES string of the molecule is Nc1cccc(COCC2CCCC2)c1Br. The lowest BCUT2D eigenvalue weighted by Gasteiger charge is -2.11. The Kier molecular flexibility index (Phi) is 4.24. The molecule has 0 atom stereocenters. The van der Waals surface area contributed by atoms with Gasteiger partial charge in [0.2, 0.25) is 0 Å². The quantitative estimate of drug-likeness (QED) is 0.855. The molecule has 2 nitrogen and oxygen atoms in total. The van der Waals surface area contributed by atoms with Crippen LogP contribution in [0, 0.1) is 5.92 Å². The number of ether oxygens (including phenoxy) is 1. The molecule has 0 bridgehead atoms. The van der Waals surface area contributed by atoms with Crippen molar-refractivity contribution in [2.24, 2.45) is 5.92 Å². The molecule has 2 N–H and O–H groups in total. The van der Waals surface area contributed by atoms with E-state index < -0.39 is 0 Å². The van der Waals surface area contributed by atoms with E-state index in [0.717, 1.165) is 28.2 Å². The highest BCUT2D eigenvalue weighted by Crippen LogP contribution is 2.27. The molecule has 88 valence electrons. The van der Waals surface area contributed by atoms with Crippen molar-refractivity contribution in [2.45, 2.75) is 32.3 Å². The molecule has 1 aromatic carbocycles. The summed E-state index contributed by atoms with van der Waals surface area (Å²) in [5.74, 6) is 0.778. The summed E-state index contributed by atoms with van der Waals surface area (Å²) in [4.78, 5) is 0. The fourth-order valence-electron chi connectivity index (χ4n) is 2.22. The fourth-order valence-corrected chi connectivity index (χ4v) is 2.60. The van der Waals surface area contributed by atoms with Gasteiger partial charge in [0.15, 0.2) is 0 Å². The smallest absolute Gasteiger partial charge is 0.0728 e. The number of rotatable bonds is 4. The van der Waals surface area contributed by atoms with Crippen molar-refractivity contribution in [1.29, 1.82) is 0 Å². The molecular weight excluding hydrogens is 266 g/mol. The van der Waals surface area contributed by atoms with E-state index >= 15 is 0 Å². The molecule has 1 aliphatic rings. The molecule has 0 heterocycles.